The summed E-state index contributed by atoms with van der Waals surface area (Å²) in [7, 11) is 2.02. The SMILES string of the molecule is CNCC1CCN(c2ccc(C)c(Cl)c2)C1. The van der Waals surface area contributed by atoms with Crippen LogP contribution >= 0.6 is 11.6 Å². The molecule has 1 heterocycles. The maximum Gasteiger partial charge on any atom is 0.0455 e. The molecule has 0 bridgehead atoms. The van der Waals surface area contributed by atoms with Crippen molar-refractivity contribution in [3.63, 3.8) is 0 Å². The highest BCUT2D eigenvalue weighted by Gasteiger charge is 2.22. The van der Waals surface area contributed by atoms with Gasteiger partial charge in [0, 0.05) is 23.8 Å². The van der Waals surface area contributed by atoms with Crippen LogP contribution in [0.15, 0.2) is 18.2 Å². The van der Waals surface area contributed by atoms with Crippen molar-refractivity contribution in [1.29, 1.82) is 0 Å². The Hall–Kier alpha value is -0.730. The Morgan fingerprint density at radius 2 is 2.31 bits per heavy atom. The highest BCUT2D eigenvalue weighted by atomic mass is 35.5. The fourth-order valence-corrected chi connectivity index (χ4v) is 2.48. The lowest BCUT2D eigenvalue weighted by atomic mass is 10.1. The zero-order valence-electron chi connectivity index (χ0n) is 9.96. The van der Waals surface area contributed by atoms with Crippen molar-refractivity contribution < 1.29 is 0 Å². The molecular weight excluding hydrogens is 220 g/mol. The van der Waals surface area contributed by atoms with Crippen LogP contribution in [0.25, 0.3) is 0 Å². The molecule has 3 heteroatoms. The van der Waals surface area contributed by atoms with E-state index < -0.39 is 0 Å². The highest BCUT2D eigenvalue weighted by molar-refractivity contribution is 6.31. The molecule has 1 N–H and O–H groups in total. The van der Waals surface area contributed by atoms with Gasteiger partial charge in [-0.2, -0.15) is 0 Å². The van der Waals surface area contributed by atoms with E-state index in [4.69, 9.17) is 11.6 Å². The Bertz CT molecular complexity index is 365. The Kier molecular flexibility index (Phi) is 3.72. The molecule has 0 amide bonds. The smallest absolute Gasteiger partial charge is 0.0455 e. The van der Waals surface area contributed by atoms with E-state index in [1.54, 1.807) is 0 Å². The van der Waals surface area contributed by atoms with Crippen LogP contribution in [0.4, 0.5) is 5.69 Å². The Morgan fingerprint density at radius 1 is 1.50 bits per heavy atom. The minimum Gasteiger partial charge on any atom is -0.371 e. The van der Waals surface area contributed by atoms with Gasteiger partial charge >= 0.3 is 0 Å². The van der Waals surface area contributed by atoms with Crippen molar-refractivity contribution in [3.8, 4) is 0 Å². The van der Waals surface area contributed by atoms with E-state index in [2.05, 4.69) is 28.4 Å². The molecule has 1 fully saturated rings. The second-order valence-electron chi connectivity index (χ2n) is 4.59. The van der Waals surface area contributed by atoms with E-state index in [1.807, 2.05) is 14.0 Å². The topological polar surface area (TPSA) is 15.3 Å². The number of nitrogens with zero attached hydrogens (tertiary/aromatic N) is 1. The van der Waals surface area contributed by atoms with Gasteiger partial charge in [0.05, 0.1) is 0 Å². The Morgan fingerprint density at radius 3 is 3.00 bits per heavy atom. The van der Waals surface area contributed by atoms with Gasteiger partial charge in [0.15, 0.2) is 0 Å². The largest absolute Gasteiger partial charge is 0.371 e. The molecule has 1 unspecified atom stereocenters. The molecule has 1 aromatic carbocycles. The molecule has 1 atom stereocenters. The van der Waals surface area contributed by atoms with Crippen molar-refractivity contribution >= 4 is 17.3 Å². The first-order valence-electron chi connectivity index (χ1n) is 5.86. The minimum absolute atomic E-state index is 0.769. The summed E-state index contributed by atoms with van der Waals surface area (Å²) in [6, 6.07) is 6.35. The highest BCUT2D eigenvalue weighted by Crippen LogP contribution is 2.27. The van der Waals surface area contributed by atoms with Crippen LogP contribution in [0.1, 0.15) is 12.0 Å². The summed E-state index contributed by atoms with van der Waals surface area (Å²) < 4.78 is 0. The van der Waals surface area contributed by atoms with Crippen LogP contribution in [0, 0.1) is 12.8 Å². The fourth-order valence-electron chi connectivity index (χ4n) is 2.30. The predicted octanol–water partition coefficient (Wildman–Crippen LogP) is 2.69. The second kappa shape index (κ2) is 5.07. The molecule has 0 radical (unpaired) electrons. The zero-order valence-corrected chi connectivity index (χ0v) is 10.7. The lowest BCUT2D eigenvalue weighted by Gasteiger charge is -2.19. The van der Waals surface area contributed by atoms with Crippen molar-refractivity contribution in [1.82, 2.24) is 5.32 Å². The van der Waals surface area contributed by atoms with Crippen LogP contribution in [-0.4, -0.2) is 26.7 Å². The normalized spacial score (nSPS) is 20.4. The van der Waals surface area contributed by atoms with E-state index in [0.717, 1.165) is 36.1 Å². The van der Waals surface area contributed by atoms with E-state index >= 15 is 0 Å². The van der Waals surface area contributed by atoms with Gasteiger partial charge < -0.3 is 10.2 Å². The van der Waals surface area contributed by atoms with Gasteiger partial charge in [0.25, 0.3) is 0 Å². The molecule has 2 nitrogen and oxygen atoms in total. The van der Waals surface area contributed by atoms with Gasteiger partial charge in [0.1, 0.15) is 0 Å². The third-order valence-corrected chi connectivity index (χ3v) is 3.71. The van der Waals surface area contributed by atoms with E-state index in [-0.39, 0.29) is 0 Å². The third-order valence-electron chi connectivity index (χ3n) is 3.30. The van der Waals surface area contributed by atoms with Crippen LogP contribution < -0.4 is 10.2 Å². The molecule has 2 rings (SSSR count). The average molecular weight is 239 g/mol. The zero-order chi connectivity index (χ0) is 11.5. The molecule has 88 valence electrons. The first-order valence-corrected chi connectivity index (χ1v) is 6.24. The summed E-state index contributed by atoms with van der Waals surface area (Å²) >= 11 is 6.15. The molecule has 16 heavy (non-hydrogen) atoms. The molecule has 1 aliphatic heterocycles. The first kappa shape index (κ1) is 11.7. The standard InChI is InChI=1S/C13H19ClN2/c1-10-3-4-12(7-13(10)14)16-6-5-11(9-16)8-15-2/h3-4,7,11,15H,5-6,8-9H2,1-2H3. The molecular formula is C13H19ClN2. The van der Waals surface area contributed by atoms with Crippen LogP contribution in [0.2, 0.25) is 5.02 Å². The van der Waals surface area contributed by atoms with Crippen LogP contribution in [-0.2, 0) is 0 Å². The summed E-state index contributed by atoms with van der Waals surface area (Å²) in [5.41, 5.74) is 2.41. The molecule has 0 aromatic heterocycles. The summed E-state index contributed by atoms with van der Waals surface area (Å²) in [5.74, 6) is 0.769. The monoisotopic (exact) mass is 238 g/mol. The maximum atomic E-state index is 6.15. The van der Waals surface area contributed by atoms with E-state index in [9.17, 15) is 0 Å². The number of anilines is 1. The van der Waals surface area contributed by atoms with Gasteiger partial charge in [0.2, 0.25) is 0 Å². The van der Waals surface area contributed by atoms with Gasteiger partial charge in [-0.05, 0) is 50.6 Å². The van der Waals surface area contributed by atoms with Gasteiger partial charge in [-0.3, -0.25) is 0 Å². The van der Waals surface area contributed by atoms with Gasteiger partial charge in [-0.15, -0.1) is 0 Å². The van der Waals surface area contributed by atoms with E-state index in [1.165, 1.54) is 12.1 Å². The lowest BCUT2D eigenvalue weighted by Crippen LogP contribution is -2.24. The van der Waals surface area contributed by atoms with Crippen molar-refractivity contribution in [2.45, 2.75) is 13.3 Å². The number of hydrogen-bond donors (Lipinski definition) is 1. The molecule has 0 aliphatic carbocycles. The Balaban J connectivity index is 2.05. The number of nitrogens with one attached hydrogen (secondary N) is 1. The van der Waals surface area contributed by atoms with Crippen LogP contribution in [0.3, 0.4) is 0 Å². The number of benzene rings is 1. The summed E-state index contributed by atoms with van der Waals surface area (Å²) in [4.78, 5) is 2.42. The third kappa shape index (κ3) is 2.50. The summed E-state index contributed by atoms with van der Waals surface area (Å²) in [5, 5.41) is 4.12. The summed E-state index contributed by atoms with van der Waals surface area (Å²) in [6.07, 6.45) is 1.27. The van der Waals surface area contributed by atoms with Crippen molar-refractivity contribution in [3.05, 3.63) is 28.8 Å². The molecule has 0 saturated carbocycles. The minimum atomic E-state index is 0.769. The van der Waals surface area contributed by atoms with Gasteiger partial charge in [-0.1, -0.05) is 17.7 Å². The molecule has 0 spiro atoms. The molecule has 1 saturated heterocycles. The number of halogens is 1. The Labute approximate surface area is 103 Å². The van der Waals surface area contributed by atoms with Crippen molar-refractivity contribution in [2.24, 2.45) is 5.92 Å². The van der Waals surface area contributed by atoms with Crippen molar-refractivity contribution in [2.75, 3.05) is 31.6 Å². The molecule has 1 aliphatic rings. The quantitative estimate of drug-likeness (QED) is 0.871. The maximum absolute atomic E-state index is 6.15. The summed E-state index contributed by atoms with van der Waals surface area (Å²) in [6.45, 7) is 5.43. The van der Waals surface area contributed by atoms with Crippen LogP contribution in [0.5, 0.6) is 0 Å². The second-order valence-corrected chi connectivity index (χ2v) is 5.00. The fraction of sp³-hybridized carbons (Fsp3) is 0.538. The number of rotatable bonds is 3. The number of hydrogen-bond acceptors (Lipinski definition) is 2. The first-order chi connectivity index (χ1) is 7.70. The number of aryl methyl sites for hydroxylation is 1. The lowest BCUT2D eigenvalue weighted by molar-refractivity contribution is 0.549. The molecule has 1 aromatic rings. The van der Waals surface area contributed by atoms with Gasteiger partial charge in [-0.25, -0.2) is 0 Å². The predicted molar refractivity (Wildman–Crippen MR) is 70.4 cm³/mol. The van der Waals surface area contributed by atoms with E-state index in [0.29, 0.717) is 0 Å². The average Bonchev–Trinajstić information content (AvgIpc) is 2.71.